The summed E-state index contributed by atoms with van der Waals surface area (Å²) in [4.78, 5) is 0. The van der Waals surface area contributed by atoms with Gasteiger partial charge in [0.15, 0.2) is 11.5 Å². The van der Waals surface area contributed by atoms with Gasteiger partial charge < -0.3 is 9.47 Å². The van der Waals surface area contributed by atoms with Gasteiger partial charge in [-0.1, -0.05) is 25.0 Å². The molecule has 2 atom stereocenters. The Balaban J connectivity index is 2.13. The lowest BCUT2D eigenvalue weighted by Crippen LogP contribution is -2.25. The molecule has 3 heteroatoms. The zero-order valence-corrected chi connectivity index (χ0v) is 10.8. The molecule has 0 N–H and O–H groups in total. The third-order valence-corrected chi connectivity index (χ3v) is 3.47. The molecule has 0 spiro atoms. The van der Waals surface area contributed by atoms with Crippen LogP contribution in [0.25, 0.3) is 0 Å². The average Bonchev–Trinajstić information content (AvgIpc) is 2.64. The number of ether oxygens (including phenoxy) is 2. The lowest BCUT2D eigenvalue weighted by Gasteiger charge is -2.22. The van der Waals surface area contributed by atoms with E-state index >= 15 is 0 Å². The Morgan fingerprint density at radius 2 is 1.83 bits per heavy atom. The van der Waals surface area contributed by atoms with Crippen LogP contribution in [0, 0.1) is 17.2 Å². The third-order valence-electron chi connectivity index (χ3n) is 3.47. The maximum Gasteiger partial charge on any atom is 0.161 e. The quantitative estimate of drug-likeness (QED) is 0.765. The summed E-state index contributed by atoms with van der Waals surface area (Å²) in [6.45, 7) is 0. The topological polar surface area (TPSA) is 42.2 Å². The summed E-state index contributed by atoms with van der Waals surface area (Å²) < 4.78 is 11.3. The van der Waals surface area contributed by atoms with Gasteiger partial charge >= 0.3 is 0 Å². The van der Waals surface area contributed by atoms with Crippen LogP contribution in [-0.4, -0.2) is 13.2 Å². The summed E-state index contributed by atoms with van der Waals surface area (Å²) in [7, 11) is 1.64. The van der Waals surface area contributed by atoms with Crippen molar-refractivity contribution in [3.8, 4) is 17.6 Å². The van der Waals surface area contributed by atoms with Gasteiger partial charge in [-0.25, -0.2) is 0 Å². The fraction of sp³-hybridized carbons (Fsp3) is 0.533. The maximum absolute atomic E-state index is 9.23. The molecule has 2 unspecified atom stereocenters. The molecule has 1 fully saturated rings. The molecule has 0 aromatic heterocycles. The van der Waals surface area contributed by atoms with Crippen molar-refractivity contribution < 1.29 is 9.47 Å². The summed E-state index contributed by atoms with van der Waals surface area (Å²) in [5, 5.41) is 9.23. The van der Waals surface area contributed by atoms with Crippen molar-refractivity contribution >= 4 is 0 Å². The van der Waals surface area contributed by atoms with Crippen molar-refractivity contribution in [2.45, 2.75) is 38.2 Å². The first-order chi connectivity index (χ1) is 8.85. The number of benzene rings is 1. The van der Waals surface area contributed by atoms with E-state index in [1.165, 1.54) is 6.42 Å². The first-order valence-electron chi connectivity index (χ1n) is 6.54. The van der Waals surface area contributed by atoms with E-state index in [9.17, 15) is 5.26 Å². The molecule has 1 saturated carbocycles. The van der Waals surface area contributed by atoms with Crippen LogP contribution in [0.1, 0.15) is 32.1 Å². The minimum Gasteiger partial charge on any atom is -0.493 e. The van der Waals surface area contributed by atoms with Crippen LogP contribution in [0.5, 0.6) is 11.5 Å². The summed E-state index contributed by atoms with van der Waals surface area (Å²) in [6.07, 6.45) is 5.35. The number of nitrogens with zero attached hydrogens (tertiary/aromatic N) is 1. The molecule has 96 valence electrons. The van der Waals surface area contributed by atoms with Gasteiger partial charge in [0.05, 0.1) is 19.1 Å². The van der Waals surface area contributed by atoms with Crippen LogP contribution in [0.2, 0.25) is 0 Å². The zero-order valence-electron chi connectivity index (χ0n) is 10.8. The van der Waals surface area contributed by atoms with Gasteiger partial charge in [-0.05, 0) is 31.4 Å². The fourth-order valence-electron chi connectivity index (χ4n) is 2.44. The molecule has 0 radical (unpaired) electrons. The van der Waals surface area contributed by atoms with Crippen LogP contribution in [-0.2, 0) is 0 Å². The Morgan fingerprint density at radius 1 is 1.11 bits per heavy atom. The molecule has 0 amide bonds. The molecule has 0 saturated heterocycles. The van der Waals surface area contributed by atoms with Gasteiger partial charge in [-0.15, -0.1) is 0 Å². The summed E-state index contributed by atoms with van der Waals surface area (Å²) in [5.74, 6) is 1.47. The molecule has 18 heavy (non-hydrogen) atoms. The zero-order chi connectivity index (χ0) is 12.8. The van der Waals surface area contributed by atoms with Crippen molar-refractivity contribution in [3.63, 3.8) is 0 Å². The predicted molar refractivity (Wildman–Crippen MR) is 69.6 cm³/mol. The average molecular weight is 245 g/mol. The molecular formula is C15H19NO2. The largest absolute Gasteiger partial charge is 0.493 e. The van der Waals surface area contributed by atoms with Gasteiger partial charge in [0.2, 0.25) is 0 Å². The second kappa shape index (κ2) is 6.30. The van der Waals surface area contributed by atoms with E-state index in [4.69, 9.17) is 9.47 Å². The van der Waals surface area contributed by atoms with Gasteiger partial charge in [-0.3, -0.25) is 0 Å². The molecule has 0 bridgehead atoms. The third kappa shape index (κ3) is 2.95. The highest BCUT2D eigenvalue weighted by Gasteiger charge is 2.25. The molecule has 1 aromatic carbocycles. The van der Waals surface area contributed by atoms with Gasteiger partial charge in [0, 0.05) is 0 Å². The SMILES string of the molecule is COc1ccccc1OC1CCCCCC1C#N. The maximum atomic E-state index is 9.23. The van der Waals surface area contributed by atoms with E-state index in [0.717, 1.165) is 37.2 Å². The standard InChI is InChI=1S/C15H19NO2/c1-17-14-9-5-6-10-15(14)18-13-8-4-2-3-7-12(13)11-16/h5-6,9-10,12-13H,2-4,7-8H2,1H3. The number of hydrogen-bond donors (Lipinski definition) is 0. The van der Waals surface area contributed by atoms with Crippen LogP contribution in [0.4, 0.5) is 0 Å². The molecule has 1 aliphatic carbocycles. The van der Waals surface area contributed by atoms with Crippen molar-refractivity contribution in [2.24, 2.45) is 5.92 Å². The van der Waals surface area contributed by atoms with E-state index in [1.54, 1.807) is 7.11 Å². The molecule has 2 rings (SSSR count). The first kappa shape index (κ1) is 12.8. The second-order valence-corrected chi connectivity index (χ2v) is 4.68. The van der Waals surface area contributed by atoms with E-state index in [0.29, 0.717) is 0 Å². The minimum absolute atomic E-state index is 0.00240. The number of hydrogen-bond acceptors (Lipinski definition) is 3. The lowest BCUT2D eigenvalue weighted by atomic mass is 9.99. The molecule has 0 aliphatic heterocycles. The number of methoxy groups -OCH3 is 1. The van der Waals surface area contributed by atoms with E-state index in [2.05, 4.69) is 6.07 Å². The Kier molecular flexibility index (Phi) is 4.46. The molecule has 3 nitrogen and oxygen atoms in total. The molecule has 0 heterocycles. The Labute approximate surface area is 108 Å². The van der Waals surface area contributed by atoms with Crippen LogP contribution in [0.3, 0.4) is 0 Å². The smallest absolute Gasteiger partial charge is 0.161 e. The molecular weight excluding hydrogens is 226 g/mol. The van der Waals surface area contributed by atoms with Gasteiger partial charge in [0.25, 0.3) is 0 Å². The van der Waals surface area contributed by atoms with Gasteiger partial charge in [-0.2, -0.15) is 5.26 Å². The van der Waals surface area contributed by atoms with Gasteiger partial charge in [0.1, 0.15) is 6.10 Å². The fourth-order valence-corrected chi connectivity index (χ4v) is 2.44. The number of rotatable bonds is 3. The Morgan fingerprint density at radius 3 is 2.56 bits per heavy atom. The number of nitriles is 1. The summed E-state index contributed by atoms with van der Waals surface area (Å²) in [5.41, 5.74) is 0. The Bertz CT molecular complexity index is 425. The van der Waals surface area contributed by atoms with Crippen LogP contribution < -0.4 is 9.47 Å². The van der Waals surface area contributed by atoms with Crippen molar-refractivity contribution in [1.29, 1.82) is 5.26 Å². The molecule has 1 aromatic rings. The summed E-state index contributed by atoms with van der Waals surface area (Å²) in [6, 6.07) is 10.0. The first-order valence-corrected chi connectivity index (χ1v) is 6.54. The van der Waals surface area contributed by atoms with Crippen LogP contribution >= 0.6 is 0 Å². The van der Waals surface area contributed by atoms with Crippen molar-refractivity contribution in [2.75, 3.05) is 7.11 Å². The lowest BCUT2D eigenvalue weighted by molar-refractivity contribution is 0.146. The molecule has 1 aliphatic rings. The predicted octanol–water partition coefficient (Wildman–Crippen LogP) is 3.55. The minimum atomic E-state index is -0.00574. The summed E-state index contributed by atoms with van der Waals surface area (Å²) >= 11 is 0. The van der Waals surface area contributed by atoms with E-state index in [1.807, 2.05) is 24.3 Å². The normalized spacial score (nSPS) is 23.8. The van der Waals surface area contributed by atoms with E-state index in [-0.39, 0.29) is 12.0 Å². The second-order valence-electron chi connectivity index (χ2n) is 4.68. The van der Waals surface area contributed by atoms with E-state index < -0.39 is 0 Å². The van der Waals surface area contributed by atoms with Crippen LogP contribution in [0.15, 0.2) is 24.3 Å². The Hall–Kier alpha value is -1.69. The highest BCUT2D eigenvalue weighted by molar-refractivity contribution is 5.39. The highest BCUT2D eigenvalue weighted by atomic mass is 16.5. The number of para-hydroxylation sites is 2. The highest BCUT2D eigenvalue weighted by Crippen LogP contribution is 2.32. The monoisotopic (exact) mass is 245 g/mol. The van der Waals surface area contributed by atoms with Crippen molar-refractivity contribution in [3.05, 3.63) is 24.3 Å². The van der Waals surface area contributed by atoms with Crippen molar-refractivity contribution in [1.82, 2.24) is 0 Å².